The topological polar surface area (TPSA) is 307 Å². The van der Waals surface area contributed by atoms with Crippen LogP contribution in [-0.4, -0.2) is 193 Å². The standard InChI is InChI=1S/C69H125NO18/c1-3-5-7-9-11-13-15-17-19-21-23-24-25-26-27-29-30-32-34-36-38-40-42-44-46-53(74)52(70-57(75)47-45-43-41-39-37-35-33-31-28-22-20-18-16-14-12-10-8-6-4-2)51-83-67-63(81)60(78)65(55(49-72)85-67)88-69-64(82)61(79)66(56(50-73)86-69)87-68-62(80)59(77)58(76)54(48-71)84-68/h18,20,29-30,36,38,44,46,52-56,58-69,71-74,76-82H,3-17,19,21-28,31-35,37,39-43,45,47-51H2,1-2H3,(H,70,75)/b20-18-,30-29+,38-36+,46-44+. The summed E-state index contributed by atoms with van der Waals surface area (Å²) in [7, 11) is 0. The number of rotatable bonds is 53. The molecule has 3 aliphatic rings. The number of unbranched alkanes of at least 4 members (excludes halogenated alkanes) is 31. The van der Waals surface area contributed by atoms with Gasteiger partial charge in [-0.05, 0) is 70.6 Å². The molecule has 3 aliphatic heterocycles. The summed E-state index contributed by atoms with van der Waals surface area (Å²) in [5.74, 6) is -0.291. The Morgan fingerprint density at radius 2 is 0.727 bits per heavy atom. The van der Waals surface area contributed by atoms with E-state index in [-0.39, 0.29) is 18.9 Å². The third-order valence-corrected chi connectivity index (χ3v) is 17.3. The van der Waals surface area contributed by atoms with Crippen molar-refractivity contribution in [1.82, 2.24) is 5.32 Å². The quantitative estimate of drug-likeness (QED) is 0.0200. The van der Waals surface area contributed by atoms with Crippen molar-refractivity contribution in [3.63, 3.8) is 0 Å². The van der Waals surface area contributed by atoms with Crippen molar-refractivity contribution in [2.45, 2.75) is 356 Å². The number of aliphatic hydroxyl groups excluding tert-OH is 11. The maximum absolute atomic E-state index is 13.4. The molecule has 19 heteroatoms. The molecule has 0 bridgehead atoms. The lowest BCUT2D eigenvalue weighted by atomic mass is 9.96. The highest BCUT2D eigenvalue weighted by Crippen LogP contribution is 2.33. The second-order valence-corrected chi connectivity index (χ2v) is 25.0. The van der Waals surface area contributed by atoms with Gasteiger partial charge in [-0.15, -0.1) is 0 Å². The molecule has 3 heterocycles. The van der Waals surface area contributed by atoms with Crippen LogP contribution in [0.3, 0.4) is 0 Å². The lowest BCUT2D eigenvalue weighted by Gasteiger charge is -2.48. The summed E-state index contributed by atoms with van der Waals surface area (Å²) in [6, 6.07) is -0.998. The lowest BCUT2D eigenvalue weighted by molar-refractivity contribution is -0.379. The number of allylic oxidation sites excluding steroid dienone is 7. The first-order valence-electron chi connectivity index (χ1n) is 34.9. The van der Waals surface area contributed by atoms with Gasteiger partial charge in [-0.25, -0.2) is 0 Å². The van der Waals surface area contributed by atoms with Crippen LogP contribution in [0.4, 0.5) is 0 Å². The summed E-state index contributed by atoms with van der Waals surface area (Å²) in [5, 5.41) is 120. The fourth-order valence-electron chi connectivity index (χ4n) is 11.6. The van der Waals surface area contributed by atoms with Crippen molar-refractivity contribution in [2.24, 2.45) is 0 Å². The maximum atomic E-state index is 13.4. The zero-order valence-corrected chi connectivity index (χ0v) is 54.2. The Kier molecular flexibility index (Phi) is 46.5. The molecule has 0 aromatic carbocycles. The molecule has 0 spiro atoms. The average Bonchev–Trinajstić information content (AvgIpc) is 3.71. The van der Waals surface area contributed by atoms with E-state index in [9.17, 15) is 61.0 Å². The number of hydrogen-bond donors (Lipinski definition) is 12. The van der Waals surface area contributed by atoms with E-state index in [4.69, 9.17) is 28.4 Å². The van der Waals surface area contributed by atoms with Crippen molar-refractivity contribution < 1.29 is 89.4 Å². The molecule has 0 saturated carbocycles. The molecule has 19 nitrogen and oxygen atoms in total. The number of ether oxygens (including phenoxy) is 6. The van der Waals surface area contributed by atoms with Crippen LogP contribution in [0.5, 0.6) is 0 Å². The van der Waals surface area contributed by atoms with E-state index in [0.717, 1.165) is 57.8 Å². The molecular weight excluding hydrogens is 1130 g/mol. The third kappa shape index (κ3) is 33.0. The third-order valence-electron chi connectivity index (χ3n) is 17.3. The van der Waals surface area contributed by atoms with E-state index in [1.165, 1.54) is 161 Å². The predicted octanol–water partition coefficient (Wildman–Crippen LogP) is 9.00. The maximum Gasteiger partial charge on any atom is 0.220 e. The number of aliphatic hydroxyl groups is 11. The Morgan fingerprint density at radius 3 is 1.14 bits per heavy atom. The fraction of sp³-hybridized carbons (Fsp3) is 0.870. The summed E-state index contributed by atoms with van der Waals surface area (Å²) in [6.07, 6.45) is 33.7. The van der Waals surface area contributed by atoms with Crippen LogP contribution in [0.25, 0.3) is 0 Å². The highest BCUT2D eigenvalue weighted by molar-refractivity contribution is 5.76. The zero-order valence-electron chi connectivity index (χ0n) is 54.2. The van der Waals surface area contributed by atoms with Crippen LogP contribution in [0.1, 0.15) is 251 Å². The minimum atomic E-state index is -1.98. The number of nitrogens with one attached hydrogen (secondary N) is 1. The normalized spacial score (nSPS) is 28.7. The van der Waals surface area contributed by atoms with Crippen molar-refractivity contribution in [2.75, 3.05) is 26.4 Å². The van der Waals surface area contributed by atoms with Crippen LogP contribution >= 0.6 is 0 Å². The molecule has 88 heavy (non-hydrogen) atoms. The molecule has 0 aromatic heterocycles. The van der Waals surface area contributed by atoms with Gasteiger partial charge in [0.05, 0.1) is 38.6 Å². The SMILES string of the molecule is CCCCCCCC/C=C\CCCCCCCCCCCC(=O)NC(COC1OC(CO)C(OC2OC(CO)C(OC3OC(CO)C(O)C(O)C3O)C(O)C2O)C(O)C1O)C(O)/C=C/CC/C=C/CC/C=C/CCCCCCCCCCCCCCCC. The Bertz CT molecular complexity index is 1790. The molecule has 0 radical (unpaired) electrons. The van der Waals surface area contributed by atoms with Crippen LogP contribution in [-0.2, 0) is 33.2 Å². The fourth-order valence-corrected chi connectivity index (χ4v) is 11.6. The van der Waals surface area contributed by atoms with Crippen LogP contribution < -0.4 is 5.32 Å². The molecule has 1 amide bonds. The molecule has 3 saturated heterocycles. The van der Waals surface area contributed by atoms with Crippen LogP contribution in [0, 0.1) is 0 Å². The van der Waals surface area contributed by atoms with E-state index in [1.807, 2.05) is 6.08 Å². The molecule has 12 N–H and O–H groups in total. The minimum Gasteiger partial charge on any atom is -0.394 e. The minimum absolute atomic E-state index is 0.229. The van der Waals surface area contributed by atoms with Crippen molar-refractivity contribution in [3.8, 4) is 0 Å². The molecule has 0 aliphatic carbocycles. The van der Waals surface area contributed by atoms with Gasteiger partial charge in [-0.2, -0.15) is 0 Å². The predicted molar refractivity (Wildman–Crippen MR) is 342 cm³/mol. The highest BCUT2D eigenvalue weighted by atomic mass is 16.8. The van der Waals surface area contributed by atoms with E-state index in [1.54, 1.807) is 6.08 Å². The number of amides is 1. The van der Waals surface area contributed by atoms with Crippen molar-refractivity contribution in [3.05, 3.63) is 48.6 Å². The van der Waals surface area contributed by atoms with Gasteiger partial charge >= 0.3 is 0 Å². The monoisotopic (exact) mass is 1260 g/mol. The van der Waals surface area contributed by atoms with E-state index in [2.05, 4.69) is 55.6 Å². The Labute approximate surface area is 529 Å². The van der Waals surface area contributed by atoms with Gasteiger partial charge in [-0.1, -0.05) is 223 Å². The van der Waals surface area contributed by atoms with Crippen LogP contribution in [0.2, 0.25) is 0 Å². The van der Waals surface area contributed by atoms with Gasteiger partial charge in [0, 0.05) is 6.42 Å². The van der Waals surface area contributed by atoms with Gasteiger partial charge in [0.15, 0.2) is 18.9 Å². The second kappa shape index (κ2) is 51.2. The molecule has 17 unspecified atom stereocenters. The average molecular weight is 1260 g/mol. The van der Waals surface area contributed by atoms with Gasteiger partial charge in [-0.3, -0.25) is 4.79 Å². The number of hydrogen-bond acceptors (Lipinski definition) is 18. The lowest BCUT2D eigenvalue weighted by Crippen LogP contribution is -2.66. The summed E-state index contributed by atoms with van der Waals surface area (Å²) >= 11 is 0. The van der Waals surface area contributed by atoms with Crippen molar-refractivity contribution >= 4 is 5.91 Å². The van der Waals surface area contributed by atoms with Gasteiger partial charge in [0.2, 0.25) is 5.91 Å². The van der Waals surface area contributed by atoms with Crippen molar-refractivity contribution in [1.29, 1.82) is 0 Å². The summed E-state index contributed by atoms with van der Waals surface area (Å²) in [4.78, 5) is 13.4. The van der Waals surface area contributed by atoms with E-state index >= 15 is 0 Å². The molecule has 3 rings (SSSR count). The number of carbonyl (C=O) groups is 1. The summed E-state index contributed by atoms with van der Waals surface area (Å²) in [6.45, 7) is 1.72. The van der Waals surface area contributed by atoms with Gasteiger partial charge < -0.3 is 89.9 Å². The molecule has 514 valence electrons. The van der Waals surface area contributed by atoms with E-state index < -0.39 is 124 Å². The zero-order chi connectivity index (χ0) is 64.0. The first-order valence-corrected chi connectivity index (χ1v) is 34.9. The molecule has 17 atom stereocenters. The summed E-state index contributed by atoms with van der Waals surface area (Å²) in [5.41, 5.74) is 0. The highest BCUT2D eigenvalue weighted by Gasteiger charge is 2.53. The summed E-state index contributed by atoms with van der Waals surface area (Å²) < 4.78 is 34.3. The smallest absolute Gasteiger partial charge is 0.220 e. The number of carbonyl (C=O) groups excluding carboxylic acids is 1. The molecule has 0 aromatic rings. The van der Waals surface area contributed by atoms with Gasteiger partial charge in [0.25, 0.3) is 0 Å². The second-order valence-electron chi connectivity index (χ2n) is 25.0. The van der Waals surface area contributed by atoms with E-state index in [0.29, 0.717) is 12.8 Å². The van der Waals surface area contributed by atoms with Crippen LogP contribution in [0.15, 0.2) is 48.6 Å². The van der Waals surface area contributed by atoms with Gasteiger partial charge in [0.1, 0.15) is 73.2 Å². The Morgan fingerprint density at radius 1 is 0.398 bits per heavy atom. The largest absolute Gasteiger partial charge is 0.394 e. The molecular formula is C69H125NO18. The Hall–Kier alpha value is -2.25. The Balaban J connectivity index is 1.47. The first-order chi connectivity index (χ1) is 42.8. The molecule has 3 fully saturated rings. The first kappa shape index (κ1) is 80.0.